The summed E-state index contributed by atoms with van der Waals surface area (Å²) < 4.78 is 12.6. The van der Waals surface area contributed by atoms with E-state index in [9.17, 15) is 9.18 Å². The minimum Gasteiger partial charge on any atom is -0.324 e. The van der Waals surface area contributed by atoms with Crippen LogP contribution in [0.3, 0.4) is 0 Å². The first-order chi connectivity index (χ1) is 5.68. The van der Waals surface area contributed by atoms with Gasteiger partial charge in [-0.2, -0.15) is 0 Å². The maximum Gasteiger partial charge on any atom is 0.245 e. The summed E-state index contributed by atoms with van der Waals surface area (Å²) >= 11 is 0. The molecule has 0 bridgehead atoms. The van der Waals surface area contributed by atoms with Crippen LogP contribution in [0.25, 0.3) is 0 Å². The highest BCUT2D eigenvalue weighted by molar-refractivity contribution is 6.02. The molecule has 12 heavy (non-hydrogen) atoms. The number of carbonyl (C=O) groups excluding carboxylic acids is 1. The van der Waals surface area contributed by atoms with Crippen molar-refractivity contribution in [3.63, 3.8) is 0 Å². The standard InChI is InChI=1S/C8H7FN2O/c9-4-1-2-5-6(3-4)11-8(12)7(5)10/h1-3,7H,10H2,(H,11,12)/t7-/m1/s1. The molecular weight excluding hydrogens is 159 g/mol. The summed E-state index contributed by atoms with van der Waals surface area (Å²) in [6.45, 7) is 0. The van der Waals surface area contributed by atoms with Gasteiger partial charge in [-0.1, -0.05) is 6.07 Å². The molecule has 0 saturated carbocycles. The molecule has 2 rings (SSSR count). The predicted molar refractivity (Wildman–Crippen MR) is 42.0 cm³/mol. The molecule has 1 amide bonds. The summed E-state index contributed by atoms with van der Waals surface area (Å²) in [5, 5.41) is 2.48. The Kier molecular flexibility index (Phi) is 1.38. The van der Waals surface area contributed by atoms with E-state index >= 15 is 0 Å². The lowest BCUT2D eigenvalue weighted by atomic mass is 10.1. The molecule has 1 aliphatic heterocycles. The average Bonchev–Trinajstić information content (AvgIpc) is 2.28. The lowest BCUT2D eigenvalue weighted by molar-refractivity contribution is -0.116. The monoisotopic (exact) mass is 166 g/mol. The molecule has 0 aliphatic carbocycles. The second-order valence-corrected chi connectivity index (χ2v) is 2.70. The highest BCUT2D eigenvalue weighted by Crippen LogP contribution is 2.29. The Morgan fingerprint density at radius 3 is 3.00 bits per heavy atom. The van der Waals surface area contributed by atoms with Gasteiger partial charge in [0.05, 0.1) is 0 Å². The number of nitrogens with two attached hydrogens (primary N) is 1. The summed E-state index contributed by atoms with van der Waals surface area (Å²) in [5.41, 5.74) is 6.64. The molecule has 4 heteroatoms. The smallest absolute Gasteiger partial charge is 0.245 e. The minimum absolute atomic E-state index is 0.282. The average molecular weight is 166 g/mol. The fourth-order valence-corrected chi connectivity index (χ4v) is 1.26. The molecule has 0 saturated heterocycles. The Balaban J connectivity index is 2.54. The third kappa shape index (κ3) is 0.887. The molecule has 3 nitrogen and oxygen atoms in total. The molecular formula is C8H7FN2O. The summed E-state index contributed by atoms with van der Waals surface area (Å²) in [4.78, 5) is 11.0. The van der Waals surface area contributed by atoms with Gasteiger partial charge in [-0.3, -0.25) is 4.79 Å². The zero-order chi connectivity index (χ0) is 8.72. The van der Waals surface area contributed by atoms with Crippen LogP contribution in [-0.4, -0.2) is 5.91 Å². The van der Waals surface area contributed by atoms with Gasteiger partial charge < -0.3 is 11.1 Å². The Bertz CT molecular complexity index is 351. The largest absolute Gasteiger partial charge is 0.324 e. The van der Waals surface area contributed by atoms with E-state index < -0.39 is 6.04 Å². The SMILES string of the molecule is N[C@H]1C(=O)Nc2cc(F)ccc21. The van der Waals surface area contributed by atoms with Crippen LogP contribution in [-0.2, 0) is 4.79 Å². The molecule has 1 aromatic rings. The minimum atomic E-state index is -0.652. The molecule has 0 fully saturated rings. The van der Waals surface area contributed by atoms with Gasteiger partial charge in [0.15, 0.2) is 0 Å². The second kappa shape index (κ2) is 2.28. The number of amides is 1. The van der Waals surface area contributed by atoms with Gasteiger partial charge in [-0.05, 0) is 12.1 Å². The maximum absolute atomic E-state index is 12.6. The van der Waals surface area contributed by atoms with Crippen LogP contribution in [0.15, 0.2) is 18.2 Å². The Morgan fingerprint density at radius 2 is 2.25 bits per heavy atom. The summed E-state index contributed by atoms with van der Waals surface area (Å²) in [6.07, 6.45) is 0. The first-order valence-corrected chi connectivity index (χ1v) is 3.54. The molecule has 0 spiro atoms. The van der Waals surface area contributed by atoms with Crippen LogP contribution in [0, 0.1) is 5.82 Å². The number of fused-ring (bicyclic) bond motifs is 1. The molecule has 62 valence electrons. The normalized spacial score (nSPS) is 20.5. The molecule has 0 radical (unpaired) electrons. The second-order valence-electron chi connectivity index (χ2n) is 2.70. The lowest BCUT2D eigenvalue weighted by Crippen LogP contribution is -2.19. The van der Waals surface area contributed by atoms with E-state index in [1.807, 2.05) is 0 Å². The highest BCUT2D eigenvalue weighted by Gasteiger charge is 2.26. The number of rotatable bonds is 0. The van der Waals surface area contributed by atoms with Gasteiger partial charge in [-0.15, -0.1) is 0 Å². The van der Waals surface area contributed by atoms with Gasteiger partial charge in [-0.25, -0.2) is 4.39 Å². The number of nitrogens with one attached hydrogen (secondary N) is 1. The third-order valence-corrected chi connectivity index (χ3v) is 1.89. The molecule has 1 aromatic carbocycles. The van der Waals surface area contributed by atoms with Crippen molar-refractivity contribution in [2.75, 3.05) is 5.32 Å². The van der Waals surface area contributed by atoms with Gasteiger partial charge in [0.1, 0.15) is 11.9 Å². The number of hydrogen-bond donors (Lipinski definition) is 2. The van der Waals surface area contributed by atoms with Crippen molar-refractivity contribution in [2.45, 2.75) is 6.04 Å². The topological polar surface area (TPSA) is 55.1 Å². The molecule has 1 aliphatic rings. The number of anilines is 1. The van der Waals surface area contributed by atoms with Crippen LogP contribution < -0.4 is 11.1 Å². The number of carbonyl (C=O) groups is 1. The lowest BCUT2D eigenvalue weighted by Gasteiger charge is -1.99. The number of benzene rings is 1. The van der Waals surface area contributed by atoms with Crippen molar-refractivity contribution in [3.8, 4) is 0 Å². The van der Waals surface area contributed by atoms with Gasteiger partial charge >= 0.3 is 0 Å². The summed E-state index contributed by atoms with van der Waals surface area (Å²) in [5.74, 6) is -0.654. The van der Waals surface area contributed by atoms with E-state index in [4.69, 9.17) is 5.73 Å². The molecule has 1 atom stereocenters. The predicted octanol–water partition coefficient (Wildman–Crippen LogP) is 0.778. The van der Waals surface area contributed by atoms with Crippen LogP contribution in [0.2, 0.25) is 0 Å². The summed E-state index contributed by atoms with van der Waals surface area (Å²) in [7, 11) is 0. The van der Waals surface area contributed by atoms with Crippen molar-refractivity contribution in [1.29, 1.82) is 0 Å². The third-order valence-electron chi connectivity index (χ3n) is 1.89. The fraction of sp³-hybridized carbons (Fsp3) is 0.125. The van der Waals surface area contributed by atoms with Gasteiger partial charge in [0.2, 0.25) is 5.91 Å². The van der Waals surface area contributed by atoms with Crippen LogP contribution in [0.4, 0.5) is 10.1 Å². The Morgan fingerprint density at radius 1 is 1.50 bits per heavy atom. The van der Waals surface area contributed by atoms with Crippen molar-refractivity contribution in [2.24, 2.45) is 5.73 Å². The Hall–Kier alpha value is -1.42. The quantitative estimate of drug-likeness (QED) is 0.598. The van der Waals surface area contributed by atoms with E-state index in [1.165, 1.54) is 18.2 Å². The fourth-order valence-electron chi connectivity index (χ4n) is 1.26. The van der Waals surface area contributed by atoms with Crippen LogP contribution >= 0.6 is 0 Å². The first kappa shape index (κ1) is 7.24. The van der Waals surface area contributed by atoms with Crippen molar-refractivity contribution < 1.29 is 9.18 Å². The van der Waals surface area contributed by atoms with E-state index in [1.54, 1.807) is 0 Å². The van der Waals surface area contributed by atoms with E-state index in [0.29, 0.717) is 11.3 Å². The van der Waals surface area contributed by atoms with E-state index in [2.05, 4.69) is 5.32 Å². The number of hydrogen-bond acceptors (Lipinski definition) is 2. The van der Waals surface area contributed by atoms with Crippen molar-refractivity contribution in [1.82, 2.24) is 0 Å². The summed E-state index contributed by atoms with van der Waals surface area (Å²) in [6, 6.07) is 3.42. The van der Waals surface area contributed by atoms with Crippen molar-refractivity contribution in [3.05, 3.63) is 29.6 Å². The first-order valence-electron chi connectivity index (χ1n) is 3.54. The zero-order valence-corrected chi connectivity index (χ0v) is 6.17. The molecule has 0 aromatic heterocycles. The van der Waals surface area contributed by atoms with Crippen molar-refractivity contribution >= 4 is 11.6 Å². The van der Waals surface area contributed by atoms with Gasteiger partial charge in [0, 0.05) is 11.3 Å². The highest BCUT2D eigenvalue weighted by atomic mass is 19.1. The van der Waals surface area contributed by atoms with Crippen LogP contribution in [0.5, 0.6) is 0 Å². The zero-order valence-electron chi connectivity index (χ0n) is 6.17. The van der Waals surface area contributed by atoms with E-state index in [-0.39, 0.29) is 11.7 Å². The van der Waals surface area contributed by atoms with E-state index in [0.717, 1.165) is 0 Å². The van der Waals surface area contributed by atoms with Gasteiger partial charge in [0.25, 0.3) is 0 Å². The molecule has 1 heterocycles. The maximum atomic E-state index is 12.6. The number of halogens is 1. The molecule has 3 N–H and O–H groups in total. The van der Waals surface area contributed by atoms with Crippen LogP contribution in [0.1, 0.15) is 11.6 Å². The molecule has 0 unspecified atom stereocenters. The Labute approximate surface area is 68.4 Å².